The van der Waals surface area contributed by atoms with Gasteiger partial charge in [-0.1, -0.05) is 13.8 Å². The van der Waals surface area contributed by atoms with Crippen molar-refractivity contribution in [1.82, 2.24) is 4.90 Å². The van der Waals surface area contributed by atoms with Crippen LogP contribution in [0.5, 0.6) is 0 Å². The molecular formula is C17H22FNO3. The summed E-state index contributed by atoms with van der Waals surface area (Å²) in [7, 11) is 1.69. The minimum atomic E-state index is -1.21. The zero-order valence-electron chi connectivity index (χ0n) is 13.2. The molecule has 120 valence electrons. The van der Waals surface area contributed by atoms with Crippen molar-refractivity contribution < 1.29 is 19.1 Å². The van der Waals surface area contributed by atoms with Gasteiger partial charge in [0.05, 0.1) is 11.1 Å². The van der Waals surface area contributed by atoms with Crippen LogP contribution in [0.3, 0.4) is 0 Å². The van der Waals surface area contributed by atoms with Gasteiger partial charge in [-0.3, -0.25) is 4.79 Å². The highest BCUT2D eigenvalue weighted by Crippen LogP contribution is 2.36. The number of amides is 1. The van der Waals surface area contributed by atoms with Crippen molar-refractivity contribution in [2.75, 3.05) is 7.05 Å². The molecule has 0 radical (unpaired) electrons. The molecule has 0 saturated heterocycles. The van der Waals surface area contributed by atoms with Crippen molar-refractivity contribution in [2.24, 2.45) is 5.41 Å². The van der Waals surface area contributed by atoms with Crippen LogP contribution in [0, 0.1) is 11.2 Å². The number of carboxylic acid groups (broad SMARTS) is 1. The predicted octanol–water partition coefficient (Wildman–Crippen LogP) is 3.56. The summed E-state index contributed by atoms with van der Waals surface area (Å²) >= 11 is 0. The number of carboxylic acids is 1. The van der Waals surface area contributed by atoms with E-state index in [0.717, 1.165) is 31.7 Å². The summed E-state index contributed by atoms with van der Waals surface area (Å²) in [4.78, 5) is 24.9. The molecule has 0 unspecified atom stereocenters. The van der Waals surface area contributed by atoms with Gasteiger partial charge < -0.3 is 10.0 Å². The van der Waals surface area contributed by atoms with Crippen molar-refractivity contribution in [2.45, 2.75) is 45.6 Å². The van der Waals surface area contributed by atoms with Crippen LogP contribution in [0.1, 0.15) is 60.2 Å². The Morgan fingerprint density at radius 1 is 1.27 bits per heavy atom. The maximum Gasteiger partial charge on any atom is 0.335 e. The topological polar surface area (TPSA) is 57.6 Å². The Morgan fingerprint density at radius 2 is 1.86 bits per heavy atom. The van der Waals surface area contributed by atoms with Gasteiger partial charge in [0, 0.05) is 13.1 Å². The lowest BCUT2D eigenvalue weighted by atomic mass is 9.75. The summed E-state index contributed by atoms with van der Waals surface area (Å²) in [6, 6.07) is 3.52. The molecule has 2 rings (SSSR count). The number of nitrogens with zero attached hydrogens (tertiary/aromatic N) is 1. The normalized spacial score (nSPS) is 18.0. The molecule has 1 N–H and O–H groups in total. The molecule has 0 aliphatic heterocycles. The van der Waals surface area contributed by atoms with Gasteiger partial charge in [0.25, 0.3) is 5.91 Å². The molecule has 1 fully saturated rings. The maximum atomic E-state index is 14.0. The van der Waals surface area contributed by atoms with Gasteiger partial charge in [0.15, 0.2) is 0 Å². The van der Waals surface area contributed by atoms with E-state index in [1.807, 2.05) is 0 Å². The molecular weight excluding hydrogens is 285 g/mol. The summed E-state index contributed by atoms with van der Waals surface area (Å²) in [6.45, 7) is 4.44. The van der Waals surface area contributed by atoms with E-state index in [4.69, 9.17) is 5.11 Å². The summed E-state index contributed by atoms with van der Waals surface area (Å²) in [5, 5.41) is 8.84. The van der Waals surface area contributed by atoms with E-state index < -0.39 is 11.8 Å². The van der Waals surface area contributed by atoms with Gasteiger partial charge >= 0.3 is 5.97 Å². The standard InChI is InChI=1S/C17H22FNO3/c1-17(2)8-6-12(7-9-17)19(3)15(20)13-5-4-11(16(21)22)10-14(13)18/h4-5,10,12H,6-9H2,1-3H3,(H,21,22). The van der Waals surface area contributed by atoms with Crippen LogP contribution in [0.25, 0.3) is 0 Å². The van der Waals surface area contributed by atoms with E-state index in [2.05, 4.69) is 13.8 Å². The monoisotopic (exact) mass is 307 g/mol. The third kappa shape index (κ3) is 3.46. The highest BCUT2D eigenvalue weighted by molar-refractivity contribution is 5.96. The fraction of sp³-hybridized carbons (Fsp3) is 0.529. The second kappa shape index (κ2) is 6.07. The highest BCUT2D eigenvalue weighted by atomic mass is 19.1. The Balaban J connectivity index is 2.13. The summed E-state index contributed by atoms with van der Waals surface area (Å²) < 4.78 is 14.0. The zero-order valence-corrected chi connectivity index (χ0v) is 13.2. The minimum Gasteiger partial charge on any atom is -0.478 e. The first-order valence-electron chi connectivity index (χ1n) is 7.51. The predicted molar refractivity (Wildman–Crippen MR) is 81.5 cm³/mol. The smallest absolute Gasteiger partial charge is 0.335 e. The Morgan fingerprint density at radius 3 is 2.36 bits per heavy atom. The average Bonchev–Trinajstić information content (AvgIpc) is 2.45. The van der Waals surface area contributed by atoms with Crippen molar-refractivity contribution in [3.63, 3.8) is 0 Å². The van der Waals surface area contributed by atoms with E-state index >= 15 is 0 Å². The van der Waals surface area contributed by atoms with Crippen LogP contribution in [0.2, 0.25) is 0 Å². The number of carbonyl (C=O) groups is 2. The number of carbonyl (C=O) groups excluding carboxylic acids is 1. The lowest BCUT2D eigenvalue weighted by molar-refractivity contribution is 0.0628. The van der Waals surface area contributed by atoms with Crippen LogP contribution in [-0.4, -0.2) is 35.0 Å². The third-order valence-corrected chi connectivity index (χ3v) is 4.62. The molecule has 0 aromatic heterocycles. The van der Waals surface area contributed by atoms with Gasteiger partial charge in [0.2, 0.25) is 0 Å². The molecule has 0 atom stereocenters. The molecule has 4 nitrogen and oxygen atoms in total. The first-order chi connectivity index (χ1) is 10.2. The fourth-order valence-corrected chi connectivity index (χ4v) is 2.95. The number of halogens is 1. The van der Waals surface area contributed by atoms with E-state index in [-0.39, 0.29) is 23.1 Å². The molecule has 22 heavy (non-hydrogen) atoms. The van der Waals surface area contributed by atoms with Crippen LogP contribution < -0.4 is 0 Å². The number of hydrogen-bond acceptors (Lipinski definition) is 2. The molecule has 1 amide bonds. The molecule has 1 aromatic carbocycles. The quantitative estimate of drug-likeness (QED) is 0.929. The molecule has 1 aliphatic rings. The number of rotatable bonds is 3. The summed E-state index contributed by atoms with van der Waals surface area (Å²) in [6.07, 6.45) is 3.89. The molecule has 1 aromatic rings. The Bertz CT molecular complexity index is 588. The Hall–Kier alpha value is -1.91. The molecule has 1 saturated carbocycles. The SMILES string of the molecule is CN(C(=O)c1ccc(C(=O)O)cc1F)C1CCC(C)(C)CC1. The van der Waals surface area contributed by atoms with Crippen LogP contribution in [0.4, 0.5) is 4.39 Å². The molecule has 0 bridgehead atoms. The van der Waals surface area contributed by atoms with Crippen molar-refractivity contribution >= 4 is 11.9 Å². The van der Waals surface area contributed by atoms with Gasteiger partial charge in [-0.15, -0.1) is 0 Å². The number of aromatic carboxylic acids is 1. The summed E-state index contributed by atoms with van der Waals surface area (Å²) in [5.74, 6) is -2.38. The van der Waals surface area contributed by atoms with Gasteiger partial charge in [-0.05, 0) is 49.3 Å². The first kappa shape index (κ1) is 16.5. The maximum absolute atomic E-state index is 14.0. The third-order valence-electron chi connectivity index (χ3n) is 4.62. The lowest BCUT2D eigenvalue weighted by Crippen LogP contribution is -2.41. The number of benzene rings is 1. The van der Waals surface area contributed by atoms with Gasteiger partial charge in [0.1, 0.15) is 5.82 Å². The van der Waals surface area contributed by atoms with Gasteiger partial charge in [-0.2, -0.15) is 0 Å². The lowest BCUT2D eigenvalue weighted by Gasteiger charge is -2.38. The van der Waals surface area contributed by atoms with E-state index in [1.165, 1.54) is 12.1 Å². The summed E-state index contributed by atoms with van der Waals surface area (Å²) in [5.41, 5.74) is 0.0721. The average molecular weight is 307 g/mol. The van der Waals surface area contributed by atoms with Gasteiger partial charge in [-0.25, -0.2) is 9.18 Å². The molecule has 1 aliphatic carbocycles. The van der Waals surface area contributed by atoms with E-state index in [0.29, 0.717) is 5.41 Å². The van der Waals surface area contributed by atoms with Crippen LogP contribution in [0.15, 0.2) is 18.2 Å². The van der Waals surface area contributed by atoms with Crippen molar-refractivity contribution in [3.05, 3.63) is 35.1 Å². The fourth-order valence-electron chi connectivity index (χ4n) is 2.95. The first-order valence-corrected chi connectivity index (χ1v) is 7.51. The number of hydrogen-bond donors (Lipinski definition) is 1. The molecule has 0 heterocycles. The molecule has 0 spiro atoms. The van der Waals surface area contributed by atoms with Crippen molar-refractivity contribution in [3.8, 4) is 0 Å². The largest absolute Gasteiger partial charge is 0.478 e. The Kier molecular flexibility index (Phi) is 4.54. The highest BCUT2D eigenvalue weighted by Gasteiger charge is 2.31. The second-order valence-corrected chi connectivity index (χ2v) is 6.81. The Labute approximate surface area is 129 Å². The van der Waals surface area contributed by atoms with Crippen molar-refractivity contribution in [1.29, 1.82) is 0 Å². The van der Waals surface area contributed by atoms with E-state index in [9.17, 15) is 14.0 Å². The van der Waals surface area contributed by atoms with Crippen LogP contribution in [-0.2, 0) is 0 Å². The minimum absolute atomic E-state index is 0.0719. The van der Waals surface area contributed by atoms with E-state index in [1.54, 1.807) is 11.9 Å². The molecule has 5 heteroatoms. The second-order valence-electron chi connectivity index (χ2n) is 6.81. The van der Waals surface area contributed by atoms with Crippen LogP contribution >= 0.6 is 0 Å². The zero-order chi connectivity index (χ0) is 16.5.